The summed E-state index contributed by atoms with van der Waals surface area (Å²) < 4.78 is 41.8. The van der Waals surface area contributed by atoms with Crippen molar-refractivity contribution in [2.75, 3.05) is 0 Å². The van der Waals surface area contributed by atoms with Gasteiger partial charge in [0, 0.05) is 59.5 Å². The molecule has 0 aliphatic rings. The van der Waals surface area contributed by atoms with Gasteiger partial charge in [-0.2, -0.15) is 13.2 Å². The number of fused-ring (bicyclic) bond motifs is 2. The predicted molar refractivity (Wildman–Crippen MR) is 236 cm³/mol. The summed E-state index contributed by atoms with van der Waals surface area (Å²) in [6, 6.07) is 22.0. The number of alkyl halides is 3. The van der Waals surface area contributed by atoms with E-state index < -0.39 is 11.6 Å². The normalized spacial score (nSPS) is 12.9. The zero-order valence-corrected chi connectivity index (χ0v) is 39.9. The van der Waals surface area contributed by atoms with Crippen LogP contribution in [-0.2, 0) is 42.2 Å². The van der Waals surface area contributed by atoms with Crippen molar-refractivity contribution in [3.8, 4) is 21.7 Å². The molecule has 8 heteroatoms. The first kappa shape index (κ1) is 49.0. The number of aryl methyl sites for hydroxylation is 1. The summed E-state index contributed by atoms with van der Waals surface area (Å²) in [4.78, 5) is 17.8. The fourth-order valence-corrected chi connectivity index (χ4v) is 9.10. The third-order valence-corrected chi connectivity index (χ3v) is 12.5. The molecule has 5 aromatic rings. The van der Waals surface area contributed by atoms with Crippen LogP contribution in [0.2, 0.25) is 0 Å². The van der Waals surface area contributed by atoms with Gasteiger partial charge in [0.2, 0.25) is 0 Å². The summed E-state index contributed by atoms with van der Waals surface area (Å²) in [5.41, 5.74) is 5.17. The van der Waals surface area contributed by atoms with Gasteiger partial charge in [-0.3, -0.25) is 9.78 Å². The van der Waals surface area contributed by atoms with Gasteiger partial charge < -0.3 is 5.11 Å². The van der Waals surface area contributed by atoms with Crippen LogP contribution >= 0.6 is 11.3 Å². The summed E-state index contributed by atoms with van der Waals surface area (Å²) in [6.07, 6.45) is 2.55. The minimum absolute atomic E-state index is 0. The Hall–Kier alpha value is -3.32. The molecule has 2 aromatic heterocycles. The molecule has 0 aliphatic heterocycles. The standard InChI is InChI=1S/C37H39F3NS.C13H24O2.Ir/c1-22-21-41-31(26-18-25-12-10-11-13-27(25)28(19-26)34(2,3)4)33-29(22)30(35(5,6)7)32(42-33)24-16-14-23(15-17-24)20-36(8,9)37(38,39)40;1-5-10(6-2)12(14)9-13(15)11(7-3)8-4;/h10-17,19,21H,20H2,1-9H3;9-11,14H,5-8H2,1-4H3;/q-1;;/b;12-9-;. The summed E-state index contributed by atoms with van der Waals surface area (Å²) in [7, 11) is 0. The number of hydrogen-bond donors (Lipinski definition) is 1. The molecule has 1 N–H and O–H groups in total. The van der Waals surface area contributed by atoms with Gasteiger partial charge in [-0.25, -0.2) is 0 Å². The van der Waals surface area contributed by atoms with Crippen LogP contribution in [0.25, 0.3) is 42.6 Å². The Kier molecular flexibility index (Phi) is 16.4. The Morgan fingerprint density at radius 1 is 0.845 bits per heavy atom. The second-order valence-corrected chi connectivity index (χ2v) is 19.2. The van der Waals surface area contributed by atoms with E-state index >= 15 is 0 Å². The van der Waals surface area contributed by atoms with Gasteiger partial charge in [0.25, 0.3) is 0 Å². The molecule has 0 aliphatic carbocycles. The number of nitrogens with zero attached hydrogens (tertiary/aromatic N) is 1. The summed E-state index contributed by atoms with van der Waals surface area (Å²) >= 11 is 1.72. The van der Waals surface area contributed by atoms with Crippen LogP contribution in [0, 0.1) is 30.2 Å². The Labute approximate surface area is 363 Å². The number of rotatable bonds is 11. The van der Waals surface area contributed by atoms with E-state index in [9.17, 15) is 23.1 Å². The molecule has 3 nitrogen and oxygen atoms in total. The van der Waals surface area contributed by atoms with E-state index in [1.807, 2.05) is 64.2 Å². The van der Waals surface area contributed by atoms with E-state index in [2.05, 4.69) is 78.8 Å². The third-order valence-electron chi connectivity index (χ3n) is 11.2. The number of benzene rings is 3. The number of thiophene rings is 1. The molecule has 0 amide bonds. The number of allylic oxidation sites excluding steroid dienone is 2. The average molecular weight is 991 g/mol. The van der Waals surface area contributed by atoms with Crippen LogP contribution in [0.15, 0.2) is 72.6 Å². The maximum absolute atomic E-state index is 13.6. The number of pyridine rings is 1. The molecule has 317 valence electrons. The second kappa shape index (κ2) is 19.4. The van der Waals surface area contributed by atoms with E-state index in [4.69, 9.17) is 4.98 Å². The van der Waals surface area contributed by atoms with Crippen molar-refractivity contribution in [2.24, 2.45) is 17.3 Å². The Balaban J connectivity index is 0.000000480. The molecule has 58 heavy (non-hydrogen) atoms. The van der Waals surface area contributed by atoms with Gasteiger partial charge in [0.1, 0.15) is 0 Å². The molecular formula is C50H63F3IrNO2S-. The molecule has 0 spiro atoms. The molecule has 0 bridgehead atoms. The number of halogens is 3. The van der Waals surface area contributed by atoms with E-state index in [1.165, 1.54) is 41.8 Å². The van der Waals surface area contributed by atoms with Crippen LogP contribution in [0.3, 0.4) is 0 Å². The first-order chi connectivity index (χ1) is 26.5. The van der Waals surface area contributed by atoms with Crippen LogP contribution < -0.4 is 0 Å². The number of carbonyl (C=O) groups is 1. The van der Waals surface area contributed by atoms with Crippen LogP contribution in [0.4, 0.5) is 13.2 Å². The number of aromatic nitrogens is 1. The molecular weight excluding hydrogens is 928 g/mol. The zero-order chi connectivity index (χ0) is 42.7. The third kappa shape index (κ3) is 11.1. The second-order valence-electron chi connectivity index (χ2n) is 18.2. The number of aliphatic hydroxyl groups is 1. The van der Waals surface area contributed by atoms with E-state index in [0.717, 1.165) is 63.0 Å². The summed E-state index contributed by atoms with van der Waals surface area (Å²) in [5.74, 6) is 0.547. The van der Waals surface area contributed by atoms with Gasteiger partial charge in [-0.1, -0.05) is 136 Å². The number of carbonyl (C=O) groups excluding carboxylic acids is 1. The quantitative estimate of drug-likeness (QED) is 0.0815. The van der Waals surface area contributed by atoms with Crippen LogP contribution in [-0.4, -0.2) is 22.1 Å². The fraction of sp³-hybridized carbons (Fsp3) is 0.480. The number of hydrogen-bond acceptors (Lipinski definition) is 4. The number of ketones is 1. The zero-order valence-electron chi connectivity index (χ0n) is 36.7. The summed E-state index contributed by atoms with van der Waals surface area (Å²) in [5, 5.41) is 13.2. The van der Waals surface area contributed by atoms with Crippen LogP contribution in [0.1, 0.15) is 131 Å². The predicted octanol–water partition coefficient (Wildman–Crippen LogP) is 15.5. The molecule has 0 unspecified atom stereocenters. The molecule has 0 fully saturated rings. The van der Waals surface area contributed by atoms with E-state index in [0.29, 0.717) is 5.56 Å². The SMILES string of the molecule is CCC(CC)C(=O)/C=C(\O)C(CC)CC.Cc1cnc(-c2[c-]c3ccccc3c(C(C)(C)C)c2)c2sc(-c3ccc(CC(C)(C)C(F)(F)F)cc3)c(C(C)(C)C)c12.[Ir]. The van der Waals surface area contributed by atoms with Crippen molar-refractivity contribution in [1.29, 1.82) is 0 Å². The smallest absolute Gasteiger partial charge is 0.394 e. The molecule has 0 atom stereocenters. The Bertz CT molecular complexity index is 2190. The van der Waals surface area contributed by atoms with Gasteiger partial charge in [0.15, 0.2) is 5.78 Å². The van der Waals surface area contributed by atoms with Crippen molar-refractivity contribution in [2.45, 2.75) is 139 Å². The maximum atomic E-state index is 13.6. The average Bonchev–Trinajstić information content (AvgIpc) is 3.55. The topological polar surface area (TPSA) is 50.2 Å². The van der Waals surface area contributed by atoms with E-state index in [1.54, 1.807) is 11.3 Å². The number of aliphatic hydroxyl groups excluding tert-OH is 1. The van der Waals surface area contributed by atoms with Crippen molar-refractivity contribution in [1.82, 2.24) is 4.98 Å². The molecule has 3 aromatic carbocycles. The van der Waals surface area contributed by atoms with Crippen molar-refractivity contribution >= 4 is 38.0 Å². The van der Waals surface area contributed by atoms with Crippen molar-refractivity contribution in [3.63, 3.8) is 0 Å². The molecule has 1 radical (unpaired) electrons. The minimum atomic E-state index is -4.26. The molecule has 0 saturated carbocycles. The van der Waals surface area contributed by atoms with Crippen molar-refractivity contribution < 1.29 is 43.2 Å². The molecule has 2 heterocycles. The van der Waals surface area contributed by atoms with Crippen molar-refractivity contribution in [3.05, 3.63) is 101 Å². The largest absolute Gasteiger partial charge is 0.512 e. The minimum Gasteiger partial charge on any atom is -0.512 e. The van der Waals surface area contributed by atoms with Gasteiger partial charge >= 0.3 is 6.18 Å². The Morgan fingerprint density at radius 3 is 1.93 bits per heavy atom. The molecule has 0 saturated heterocycles. The van der Waals surface area contributed by atoms with E-state index in [-0.39, 0.29) is 60.7 Å². The van der Waals surface area contributed by atoms with Crippen LogP contribution in [0.5, 0.6) is 0 Å². The fourth-order valence-electron chi connectivity index (χ4n) is 7.51. The van der Waals surface area contributed by atoms with Gasteiger partial charge in [0.05, 0.1) is 11.2 Å². The summed E-state index contributed by atoms with van der Waals surface area (Å²) in [6.45, 7) is 26.1. The monoisotopic (exact) mass is 991 g/mol. The first-order valence-corrected chi connectivity index (χ1v) is 21.3. The van der Waals surface area contributed by atoms with Gasteiger partial charge in [-0.15, -0.1) is 40.5 Å². The first-order valence-electron chi connectivity index (χ1n) is 20.5. The molecule has 5 rings (SSSR count). The maximum Gasteiger partial charge on any atom is 0.394 e. The Morgan fingerprint density at radius 2 is 1.41 bits per heavy atom. The van der Waals surface area contributed by atoms with Gasteiger partial charge in [-0.05, 0) is 77.5 Å².